The lowest BCUT2D eigenvalue weighted by Crippen LogP contribution is -1.96. The van der Waals surface area contributed by atoms with E-state index in [1.54, 1.807) is 12.1 Å². The monoisotopic (exact) mass is 366 g/mol. The van der Waals surface area contributed by atoms with Gasteiger partial charge in [-0.1, -0.05) is 35.9 Å². The molecule has 0 unspecified atom stereocenters. The second kappa shape index (κ2) is 6.56. The number of aromatic nitrogens is 2. The largest absolute Gasteiger partial charge is 0.392 e. The maximum atomic E-state index is 14.0. The van der Waals surface area contributed by atoms with Gasteiger partial charge in [0.25, 0.3) is 0 Å². The predicted molar refractivity (Wildman–Crippen MR) is 102 cm³/mol. The first kappa shape index (κ1) is 16.8. The van der Waals surface area contributed by atoms with Crippen LogP contribution < -0.4 is 0 Å². The van der Waals surface area contributed by atoms with Gasteiger partial charge in [0.1, 0.15) is 11.5 Å². The molecule has 1 N–H and O–H groups in total. The fourth-order valence-electron chi connectivity index (χ4n) is 3.22. The number of hydrogen-bond donors (Lipinski definition) is 1. The molecule has 4 aromatic rings. The van der Waals surface area contributed by atoms with E-state index < -0.39 is 5.82 Å². The van der Waals surface area contributed by atoms with E-state index >= 15 is 0 Å². The smallest absolute Gasteiger partial charge is 0.137 e. The van der Waals surface area contributed by atoms with Gasteiger partial charge in [-0.3, -0.25) is 0 Å². The van der Waals surface area contributed by atoms with Crippen LogP contribution in [0.15, 0.2) is 60.8 Å². The van der Waals surface area contributed by atoms with E-state index in [4.69, 9.17) is 16.6 Å². The minimum atomic E-state index is -0.410. The molecule has 0 bridgehead atoms. The maximum absolute atomic E-state index is 14.0. The summed E-state index contributed by atoms with van der Waals surface area (Å²) in [4.78, 5) is 4.70. The van der Waals surface area contributed by atoms with Gasteiger partial charge in [0, 0.05) is 28.0 Å². The Kier molecular flexibility index (Phi) is 4.23. The van der Waals surface area contributed by atoms with Crippen LogP contribution in [0.4, 0.5) is 4.39 Å². The van der Waals surface area contributed by atoms with Crippen LogP contribution in [-0.2, 0) is 6.61 Å². The van der Waals surface area contributed by atoms with Gasteiger partial charge in [-0.15, -0.1) is 0 Å². The molecule has 0 saturated heterocycles. The zero-order valence-electron chi connectivity index (χ0n) is 14.1. The van der Waals surface area contributed by atoms with E-state index in [9.17, 15) is 9.50 Å². The Balaban J connectivity index is 1.89. The third-order valence-corrected chi connectivity index (χ3v) is 4.78. The molecule has 0 spiro atoms. The molecule has 2 heterocycles. The number of halogens is 2. The summed E-state index contributed by atoms with van der Waals surface area (Å²) in [5, 5.41) is 10.2. The summed E-state index contributed by atoms with van der Waals surface area (Å²) >= 11 is 6.11. The first-order valence-corrected chi connectivity index (χ1v) is 8.59. The molecule has 2 aromatic heterocycles. The standard InChI is InChI=1S/C21H16ClFN2O/c1-13-21(14-4-2-5-16(22)10-14)24-20-9-8-15(11-25(13)20)17-6-3-7-19(23)18(17)12-26/h2-11,26H,12H2,1H3. The van der Waals surface area contributed by atoms with E-state index in [2.05, 4.69) is 0 Å². The Hall–Kier alpha value is -2.69. The minimum absolute atomic E-state index is 0.291. The number of nitrogens with zero attached hydrogens (tertiary/aromatic N) is 2. The molecular formula is C21H16ClFN2O. The van der Waals surface area contributed by atoms with Crippen molar-refractivity contribution in [2.75, 3.05) is 0 Å². The quantitative estimate of drug-likeness (QED) is 0.537. The first-order chi connectivity index (χ1) is 12.6. The lowest BCUT2D eigenvalue weighted by atomic mass is 10.0. The Morgan fingerprint density at radius 2 is 1.88 bits per heavy atom. The maximum Gasteiger partial charge on any atom is 0.137 e. The van der Waals surface area contributed by atoms with Crippen LogP contribution in [-0.4, -0.2) is 14.5 Å². The number of fused-ring (bicyclic) bond motifs is 1. The van der Waals surface area contributed by atoms with Crippen molar-refractivity contribution >= 4 is 17.2 Å². The molecule has 0 aliphatic carbocycles. The highest BCUT2D eigenvalue weighted by Crippen LogP contribution is 2.30. The van der Waals surface area contributed by atoms with Gasteiger partial charge >= 0.3 is 0 Å². The average molecular weight is 367 g/mol. The van der Waals surface area contributed by atoms with Crippen molar-refractivity contribution in [3.63, 3.8) is 0 Å². The number of hydrogen-bond acceptors (Lipinski definition) is 2. The Morgan fingerprint density at radius 1 is 1.08 bits per heavy atom. The van der Waals surface area contributed by atoms with Gasteiger partial charge in [0.2, 0.25) is 0 Å². The zero-order chi connectivity index (χ0) is 18.3. The molecule has 0 amide bonds. The molecule has 3 nitrogen and oxygen atoms in total. The van der Waals surface area contributed by atoms with E-state index in [1.807, 2.05) is 53.9 Å². The highest BCUT2D eigenvalue weighted by molar-refractivity contribution is 6.30. The summed E-state index contributed by atoms with van der Waals surface area (Å²) in [7, 11) is 0. The summed E-state index contributed by atoms with van der Waals surface area (Å²) in [6.07, 6.45) is 1.92. The van der Waals surface area contributed by atoms with Crippen LogP contribution in [0.5, 0.6) is 0 Å². The summed E-state index contributed by atoms with van der Waals surface area (Å²) in [5.74, 6) is -0.410. The van der Waals surface area contributed by atoms with Crippen molar-refractivity contribution in [2.24, 2.45) is 0 Å². The molecule has 4 rings (SSSR count). The van der Waals surface area contributed by atoms with Gasteiger partial charge in [0.15, 0.2) is 0 Å². The van der Waals surface area contributed by atoms with E-state index in [1.165, 1.54) is 6.07 Å². The van der Waals surface area contributed by atoms with E-state index in [0.29, 0.717) is 16.1 Å². The number of benzene rings is 2. The van der Waals surface area contributed by atoms with E-state index in [0.717, 1.165) is 28.2 Å². The highest BCUT2D eigenvalue weighted by atomic mass is 35.5. The number of aliphatic hydroxyl groups is 1. The summed E-state index contributed by atoms with van der Waals surface area (Å²) < 4.78 is 16.0. The number of rotatable bonds is 3. The van der Waals surface area contributed by atoms with Crippen LogP contribution in [0.1, 0.15) is 11.3 Å². The fourth-order valence-corrected chi connectivity index (χ4v) is 3.41. The molecule has 0 aliphatic heterocycles. The molecule has 2 aromatic carbocycles. The second-order valence-electron chi connectivity index (χ2n) is 6.13. The Morgan fingerprint density at radius 3 is 2.65 bits per heavy atom. The van der Waals surface area contributed by atoms with Crippen molar-refractivity contribution in [2.45, 2.75) is 13.5 Å². The molecular weight excluding hydrogens is 351 g/mol. The van der Waals surface area contributed by atoms with Crippen LogP contribution in [0, 0.1) is 12.7 Å². The van der Waals surface area contributed by atoms with Gasteiger partial charge in [0.05, 0.1) is 12.3 Å². The number of imidazole rings is 1. The van der Waals surface area contributed by atoms with Crippen molar-refractivity contribution < 1.29 is 9.50 Å². The van der Waals surface area contributed by atoms with Gasteiger partial charge in [-0.05, 0) is 48.4 Å². The normalized spacial score (nSPS) is 11.2. The fraction of sp³-hybridized carbons (Fsp3) is 0.0952. The Bertz CT molecular complexity index is 1120. The zero-order valence-corrected chi connectivity index (χ0v) is 14.8. The topological polar surface area (TPSA) is 37.5 Å². The first-order valence-electron chi connectivity index (χ1n) is 8.22. The lowest BCUT2D eigenvalue weighted by molar-refractivity contribution is 0.276. The Labute approximate surface area is 155 Å². The molecule has 0 fully saturated rings. The average Bonchev–Trinajstić information content (AvgIpc) is 2.98. The number of aliphatic hydroxyl groups excluding tert-OH is 1. The third-order valence-electron chi connectivity index (χ3n) is 4.54. The van der Waals surface area contributed by atoms with Crippen molar-refractivity contribution in [3.8, 4) is 22.4 Å². The van der Waals surface area contributed by atoms with Crippen molar-refractivity contribution in [3.05, 3.63) is 82.9 Å². The molecule has 5 heteroatoms. The molecule has 0 aliphatic rings. The second-order valence-corrected chi connectivity index (χ2v) is 6.56. The summed E-state index contributed by atoms with van der Waals surface area (Å²) in [5.41, 5.74) is 5.34. The molecule has 0 radical (unpaired) electrons. The van der Waals surface area contributed by atoms with Crippen molar-refractivity contribution in [1.82, 2.24) is 9.38 Å². The van der Waals surface area contributed by atoms with E-state index in [-0.39, 0.29) is 6.61 Å². The van der Waals surface area contributed by atoms with Gasteiger partial charge in [-0.2, -0.15) is 0 Å². The third kappa shape index (κ3) is 2.77. The summed E-state index contributed by atoms with van der Waals surface area (Å²) in [6.45, 7) is 1.63. The molecule has 0 atom stereocenters. The predicted octanol–water partition coefficient (Wildman–Crippen LogP) is 5.26. The minimum Gasteiger partial charge on any atom is -0.392 e. The van der Waals surface area contributed by atoms with Crippen LogP contribution >= 0.6 is 11.6 Å². The van der Waals surface area contributed by atoms with Crippen LogP contribution in [0.25, 0.3) is 28.0 Å². The number of pyridine rings is 1. The SMILES string of the molecule is Cc1c(-c2cccc(Cl)c2)nc2ccc(-c3cccc(F)c3CO)cn12. The highest BCUT2D eigenvalue weighted by Gasteiger charge is 2.14. The molecule has 130 valence electrons. The lowest BCUT2D eigenvalue weighted by Gasteiger charge is -2.09. The van der Waals surface area contributed by atoms with Gasteiger partial charge in [-0.25, -0.2) is 9.37 Å². The van der Waals surface area contributed by atoms with Crippen LogP contribution in [0.3, 0.4) is 0 Å². The number of aryl methyl sites for hydroxylation is 1. The van der Waals surface area contributed by atoms with Gasteiger partial charge < -0.3 is 9.51 Å². The molecule has 0 saturated carbocycles. The summed E-state index contributed by atoms with van der Waals surface area (Å²) in [6, 6.07) is 16.2. The van der Waals surface area contributed by atoms with Crippen LogP contribution in [0.2, 0.25) is 5.02 Å². The molecule has 26 heavy (non-hydrogen) atoms. The van der Waals surface area contributed by atoms with Crippen molar-refractivity contribution in [1.29, 1.82) is 0 Å².